The lowest BCUT2D eigenvalue weighted by Crippen LogP contribution is -1.83. The molecule has 2 rings (SSSR count). The first kappa shape index (κ1) is 9.61. The van der Waals surface area contributed by atoms with Crippen molar-refractivity contribution in [3.63, 3.8) is 0 Å². The van der Waals surface area contributed by atoms with Crippen molar-refractivity contribution in [2.45, 2.75) is 13.8 Å². The van der Waals surface area contributed by atoms with Gasteiger partial charge in [-0.3, -0.25) is 0 Å². The van der Waals surface area contributed by atoms with Crippen LogP contribution in [-0.2, 0) is 0 Å². The van der Waals surface area contributed by atoms with E-state index in [1.807, 2.05) is 43.3 Å². The van der Waals surface area contributed by atoms with Crippen molar-refractivity contribution in [2.75, 3.05) is 0 Å². The van der Waals surface area contributed by atoms with E-state index in [4.69, 9.17) is 4.74 Å². The van der Waals surface area contributed by atoms with Crippen molar-refractivity contribution in [2.24, 2.45) is 0 Å². The van der Waals surface area contributed by atoms with E-state index in [-0.39, 0.29) is 0 Å². The number of aryl methyl sites for hydroxylation is 2. The fourth-order valence-corrected chi connectivity index (χ4v) is 1.24. The van der Waals surface area contributed by atoms with E-state index >= 15 is 0 Å². The number of benzene rings is 1. The average molecular weight is 196 g/mol. The third-order valence-electron chi connectivity index (χ3n) is 2.12. The first-order valence-corrected chi connectivity index (χ1v) is 4.89. The van der Waals surface area contributed by atoms with Crippen molar-refractivity contribution in [3.8, 4) is 11.5 Å². The van der Waals surface area contributed by atoms with Crippen molar-refractivity contribution < 1.29 is 4.74 Å². The Morgan fingerprint density at radius 1 is 0.867 bits per heavy atom. The normalized spacial score (nSPS) is 9.47. The summed E-state index contributed by atoms with van der Waals surface area (Å²) in [5.74, 6) is 1.53. The lowest BCUT2D eigenvalue weighted by molar-refractivity contribution is 0.482. The lowest BCUT2D eigenvalue weighted by Gasteiger charge is -2.03. The van der Waals surface area contributed by atoms with E-state index in [2.05, 4.69) is 19.1 Å². The molecule has 0 aromatic heterocycles. The van der Waals surface area contributed by atoms with Gasteiger partial charge in [-0.15, -0.1) is 0 Å². The minimum Gasteiger partial charge on any atom is -0.448 e. The molecular formula is C14H12O. The molecule has 2 aromatic carbocycles. The Kier molecular flexibility index (Phi) is 2.60. The van der Waals surface area contributed by atoms with Crippen LogP contribution >= 0.6 is 0 Å². The van der Waals surface area contributed by atoms with Gasteiger partial charge in [0.25, 0.3) is 0 Å². The van der Waals surface area contributed by atoms with Crippen LogP contribution in [-0.4, -0.2) is 0 Å². The zero-order valence-electron chi connectivity index (χ0n) is 8.87. The minimum atomic E-state index is 0.699. The van der Waals surface area contributed by atoms with Crippen molar-refractivity contribution >= 4 is 0 Å². The topological polar surface area (TPSA) is 9.23 Å². The predicted octanol–water partition coefficient (Wildman–Crippen LogP) is 3.70. The first-order valence-electron chi connectivity index (χ1n) is 4.89. The van der Waals surface area contributed by atoms with Crippen LogP contribution in [0.4, 0.5) is 0 Å². The van der Waals surface area contributed by atoms with Crippen LogP contribution in [0.1, 0.15) is 11.1 Å². The summed E-state index contributed by atoms with van der Waals surface area (Å²) in [4.78, 5) is 0. The zero-order valence-corrected chi connectivity index (χ0v) is 8.87. The van der Waals surface area contributed by atoms with Crippen molar-refractivity contribution in [1.29, 1.82) is 0 Å². The second-order valence-electron chi connectivity index (χ2n) is 3.55. The second-order valence-corrected chi connectivity index (χ2v) is 3.55. The van der Waals surface area contributed by atoms with Crippen LogP contribution in [0, 0.1) is 26.0 Å². The van der Waals surface area contributed by atoms with Gasteiger partial charge < -0.3 is 4.74 Å². The van der Waals surface area contributed by atoms with Gasteiger partial charge in [-0.25, -0.2) is 0 Å². The summed E-state index contributed by atoms with van der Waals surface area (Å²) in [7, 11) is 0. The van der Waals surface area contributed by atoms with Gasteiger partial charge in [0, 0.05) is 0 Å². The molecule has 0 radical (unpaired) electrons. The fraction of sp³-hybridized carbons (Fsp3) is 0.143. The Balaban J connectivity index is 2.15. The van der Waals surface area contributed by atoms with Gasteiger partial charge in [0.2, 0.25) is 0 Å². The summed E-state index contributed by atoms with van der Waals surface area (Å²) >= 11 is 0. The predicted molar refractivity (Wildman–Crippen MR) is 60.1 cm³/mol. The summed E-state index contributed by atoms with van der Waals surface area (Å²) in [5, 5.41) is 0. The number of rotatable bonds is 2. The van der Waals surface area contributed by atoms with Crippen LogP contribution < -0.4 is 4.74 Å². The molecule has 1 heteroatoms. The summed E-state index contributed by atoms with van der Waals surface area (Å²) in [6, 6.07) is 17.7. The van der Waals surface area contributed by atoms with Crippen LogP contribution in [0.15, 0.2) is 36.4 Å². The monoisotopic (exact) mass is 196 g/mol. The second kappa shape index (κ2) is 4.06. The molecule has 0 N–H and O–H groups in total. The highest BCUT2D eigenvalue weighted by Gasteiger charge is 1.95. The summed E-state index contributed by atoms with van der Waals surface area (Å²) < 4.78 is 5.60. The van der Waals surface area contributed by atoms with Gasteiger partial charge >= 0.3 is 0 Å². The van der Waals surface area contributed by atoms with E-state index in [0.717, 1.165) is 11.3 Å². The summed E-state index contributed by atoms with van der Waals surface area (Å²) in [5.41, 5.74) is 2.29. The molecule has 0 spiro atoms. The number of ether oxygens (including phenoxy) is 1. The molecule has 1 nitrogen and oxygen atoms in total. The van der Waals surface area contributed by atoms with Gasteiger partial charge in [-0.1, -0.05) is 23.8 Å². The molecule has 15 heavy (non-hydrogen) atoms. The molecule has 0 saturated heterocycles. The van der Waals surface area contributed by atoms with Crippen molar-refractivity contribution in [1.82, 2.24) is 0 Å². The molecule has 0 aliphatic heterocycles. The van der Waals surface area contributed by atoms with Gasteiger partial charge in [0.15, 0.2) is 5.75 Å². The Bertz CT molecular complexity index is 382. The largest absolute Gasteiger partial charge is 0.448 e. The molecule has 0 bridgehead atoms. The van der Waals surface area contributed by atoms with E-state index in [1.54, 1.807) is 0 Å². The summed E-state index contributed by atoms with van der Waals surface area (Å²) in [6.45, 7) is 4.03. The molecule has 0 atom stereocenters. The maximum absolute atomic E-state index is 5.60. The van der Waals surface area contributed by atoms with E-state index in [0.29, 0.717) is 5.75 Å². The maximum Gasteiger partial charge on any atom is 0.177 e. The Morgan fingerprint density at radius 2 is 1.60 bits per heavy atom. The minimum absolute atomic E-state index is 0.699. The third kappa shape index (κ3) is 2.51. The Labute approximate surface area is 90.3 Å². The molecule has 0 aliphatic rings. The molecule has 0 amide bonds. The Morgan fingerprint density at radius 3 is 2.20 bits per heavy atom. The quantitative estimate of drug-likeness (QED) is 0.711. The van der Waals surface area contributed by atoms with Gasteiger partial charge in [-0.2, -0.15) is 0 Å². The third-order valence-corrected chi connectivity index (χ3v) is 2.12. The van der Waals surface area contributed by atoms with E-state index < -0.39 is 0 Å². The highest BCUT2D eigenvalue weighted by molar-refractivity contribution is 5.31. The highest BCUT2D eigenvalue weighted by atomic mass is 16.5. The first-order chi connectivity index (χ1) is 7.24. The van der Waals surface area contributed by atoms with Crippen LogP contribution in [0.5, 0.6) is 11.5 Å². The molecule has 2 aromatic rings. The number of hydrogen-bond acceptors (Lipinski definition) is 1. The Hall–Kier alpha value is -1.94. The zero-order chi connectivity index (χ0) is 10.7. The lowest BCUT2D eigenvalue weighted by atomic mass is 10.2. The molecule has 0 heterocycles. The molecule has 0 fully saturated rings. The van der Waals surface area contributed by atoms with Gasteiger partial charge in [0.1, 0.15) is 5.75 Å². The smallest absolute Gasteiger partial charge is 0.177 e. The van der Waals surface area contributed by atoms with Crippen molar-refractivity contribution in [3.05, 3.63) is 59.7 Å². The molecule has 0 unspecified atom stereocenters. The highest BCUT2D eigenvalue weighted by Crippen LogP contribution is 2.19. The summed E-state index contributed by atoms with van der Waals surface area (Å²) in [6.07, 6.45) is 0. The molecule has 74 valence electrons. The molecule has 0 aliphatic carbocycles. The van der Waals surface area contributed by atoms with Gasteiger partial charge in [0.05, 0.1) is 0 Å². The average Bonchev–Trinajstić information content (AvgIpc) is 2.25. The van der Waals surface area contributed by atoms with E-state index in [9.17, 15) is 0 Å². The number of hydrogen-bond donors (Lipinski definition) is 0. The van der Waals surface area contributed by atoms with E-state index in [1.165, 1.54) is 5.56 Å². The molecular weight excluding hydrogens is 184 g/mol. The van der Waals surface area contributed by atoms with Crippen LogP contribution in [0.2, 0.25) is 0 Å². The maximum atomic E-state index is 5.60. The molecule has 0 saturated carbocycles. The van der Waals surface area contributed by atoms with Gasteiger partial charge in [-0.05, 0) is 49.7 Å². The standard InChI is InChI=1S/C14H12O/c1-11-3-7-13(8-4-11)15-14-9-5-12(2)6-10-14/h3-5,7-9H,1-2H3. The SMILES string of the molecule is Cc1c#cc(Oc2ccc(C)cc2)cc1. The van der Waals surface area contributed by atoms with Crippen LogP contribution in [0.3, 0.4) is 0 Å². The van der Waals surface area contributed by atoms with Crippen LogP contribution in [0.25, 0.3) is 0 Å². The fourth-order valence-electron chi connectivity index (χ4n) is 1.24.